The third-order valence-corrected chi connectivity index (χ3v) is 7.52. The van der Waals surface area contributed by atoms with Gasteiger partial charge < -0.3 is 19.9 Å². The Morgan fingerprint density at radius 1 is 1.13 bits per heavy atom. The van der Waals surface area contributed by atoms with Crippen molar-refractivity contribution in [2.75, 3.05) is 12.4 Å². The monoisotopic (exact) mass is 542 g/mol. The van der Waals surface area contributed by atoms with Gasteiger partial charge in [0.25, 0.3) is 5.91 Å². The van der Waals surface area contributed by atoms with Crippen molar-refractivity contribution < 1.29 is 27.6 Å². The molecule has 2 aliphatic rings. The molecule has 0 aliphatic heterocycles. The van der Waals surface area contributed by atoms with Crippen molar-refractivity contribution in [2.24, 2.45) is 17.8 Å². The van der Waals surface area contributed by atoms with Crippen LogP contribution >= 0.6 is 0 Å². The molecule has 3 heterocycles. The molecule has 2 aliphatic carbocycles. The Morgan fingerprint density at radius 2 is 1.82 bits per heavy atom. The van der Waals surface area contributed by atoms with Crippen molar-refractivity contribution in [3.8, 4) is 5.88 Å². The number of hydrogen-bond donors (Lipinski definition) is 2. The Balaban J connectivity index is 1.39. The lowest BCUT2D eigenvalue weighted by Gasteiger charge is -2.27. The van der Waals surface area contributed by atoms with Crippen LogP contribution in [0.4, 0.5) is 14.5 Å². The van der Waals surface area contributed by atoms with Crippen LogP contribution < -0.4 is 15.4 Å². The SMILES string of the molecule is COc1ncc(F)cc1[C@H](C)n1ncc(NC(=O)[C@@H](NC(=O)c2conc2C(C)C)C(C2CC2)C2CC2)c1F. The van der Waals surface area contributed by atoms with Gasteiger partial charge >= 0.3 is 0 Å². The highest BCUT2D eigenvalue weighted by Gasteiger charge is 2.48. The summed E-state index contributed by atoms with van der Waals surface area (Å²) in [4.78, 5) is 30.8. The predicted molar refractivity (Wildman–Crippen MR) is 136 cm³/mol. The molecule has 208 valence electrons. The highest BCUT2D eigenvalue weighted by molar-refractivity contribution is 6.01. The van der Waals surface area contributed by atoms with E-state index in [1.165, 1.54) is 25.6 Å². The summed E-state index contributed by atoms with van der Waals surface area (Å²) >= 11 is 0. The van der Waals surface area contributed by atoms with Gasteiger partial charge in [-0.2, -0.15) is 9.49 Å². The second-order valence-corrected chi connectivity index (χ2v) is 10.7. The molecular weight excluding hydrogens is 510 g/mol. The average molecular weight is 543 g/mol. The summed E-state index contributed by atoms with van der Waals surface area (Å²) < 4.78 is 40.7. The van der Waals surface area contributed by atoms with E-state index < -0.39 is 35.7 Å². The number of anilines is 1. The molecule has 10 nitrogen and oxygen atoms in total. The number of amides is 2. The van der Waals surface area contributed by atoms with Crippen LogP contribution in [0.2, 0.25) is 0 Å². The molecule has 2 atom stereocenters. The fraction of sp³-hybridized carbons (Fsp3) is 0.519. The van der Waals surface area contributed by atoms with E-state index in [0.29, 0.717) is 23.1 Å². The number of nitrogens with zero attached hydrogens (tertiary/aromatic N) is 4. The van der Waals surface area contributed by atoms with Gasteiger partial charge in [0.1, 0.15) is 29.4 Å². The van der Waals surface area contributed by atoms with Crippen LogP contribution in [0.1, 0.15) is 80.0 Å². The molecule has 0 unspecified atom stereocenters. The van der Waals surface area contributed by atoms with Crippen molar-refractivity contribution in [3.05, 3.63) is 53.3 Å². The average Bonchev–Trinajstić information content (AvgIpc) is 3.84. The predicted octanol–water partition coefficient (Wildman–Crippen LogP) is 4.46. The molecule has 2 N–H and O–H groups in total. The Hall–Kier alpha value is -3.83. The number of nitrogens with one attached hydrogen (secondary N) is 2. The van der Waals surface area contributed by atoms with Crippen molar-refractivity contribution in [1.29, 1.82) is 0 Å². The van der Waals surface area contributed by atoms with Crippen molar-refractivity contribution >= 4 is 17.5 Å². The Morgan fingerprint density at radius 3 is 2.44 bits per heavy atom. The van der Waals surface area contributed by atoms with Crippen LogP contribution in [0.3, 0.4) is 0 Å². The first-order chi connectivity index (χ1) is 18.7. The first kappa shape index (κ1) is 26.8. The topological polar surface area (TPSA) is 124 Å². The molecule has 3 aromatic heterocycles. The minimum absolute atomic E-state index is 0.0479. The molecule has 0 radical (unpaired) electrons. The van der Waals surface area contributed by atoms with Gasteiger partial charge in [-0.1, -0.05) is 19.0 Å². The molecule has 2 fully saturated rings. The van der Waals surface area contributed by atoms with Crippen LogP contribution in [0.15, 0.2) is 29.2 Å². The third-order valence-electron chi connectivity index (χ3n) is 7.52. The molecule has 2 saturated carbocycles. The quantitative estimate of drug-likeness (QED) is 0.367. The summed E-state index contributed by atoms with van der Waals surface area (Å²) in [6.45, 7) is 5.41. The first-order valence-corrected chi connectivity index (χ1v) is 13.2. The number of methoxy groups -OCH3 is 1. The van der Waals surface area contributed by atoms with Gasteiger partial charge in [-0.3, -0.25) is 9.59 Å². The molecule has 5 rings (SSSR count). The Bertz CT molecular complexity index is 1350. The maximum absolute atomic E-state index is 15.5. The molecule has 0 aromatic carbocycles. The van der Waals surface area contributed by atoms with Gasteiger partial charge in [0.2, 0.25) is 17.7 Å². The van der Waals surface area contributed by atoms with Crippen LogP contribution in [0.5, 0.6) is 5.88 Å². The molecule has 0 saturated heterocycles. The number of pyridine rings is 1. The fourth-order valence-corrected chi connectivity index (χ4v) is 5.23. The molecular formula is C27H32F2N6O4. The van der Waals surface area contributed by atoms with Crippen LogP contribution in [-0.4, -0.2) is 44.9 Å². The van der Waals surface area contributed by atoms with E-state index in [-0.39, 0.29) is 29.0 Å². The molecule has 0 bridgehead atoms. The van der Waals surface area contributed by atoms with E-state index in [4.69, 9.17) is 9.26 Å². The summed E-state index contributed by atoms with van der Waals surface area (Å²) in [5.74, 6) is -1.72. The summed E-state index contributed by atoms with van der Waals surface area (Å²) in [7, 11) is 1.38. The number of carbonyl (C=O) groups excluding carboxylic acids is 2. The number of ether oxygens (including phenoxy) is 1. The minimum atomic E-state index is -0.875. The Kier molecular flexibility index (Phi) is 7.37. The van der Waals surface area contributed by atoms with Crippen LogP contribution in [-0.2, 0) is 4.79 Å². The smallest absolute Gasteiger partial charge is 0.257 e. The second-order valence-electron chi connectivity index (χ2n) is 10.7. The lowest BCUT2D eigenvalue weighted by Crippen LogP contribution is -2.50. The normalized spacial score (nSPS) is 16.8. The van der Waals surface area contributed by atoms with E-state index in [9.17, 15) is 14.0 Å². The van der Waals surface area contributed by atoms with Gasteiger partial charge in [-0.05, 0) is 62.3 Å². The molecule has 39 heavy (non-hydrogen) atoms. The molecule has 0 spiro atoms. The van der Waals surface area contributed by atoms with Crippen LogP contribution in [0, 0.1) is 29.5 Å². The lowest BCUT2D eigenvalue weighted by molar-refractivity contribution is -0.119. The van der Waals surface area contributed by atoms with E-state index in [2.05, 4.69) is 25.9 Å². The largest absolute Gasteiger partial charge is 0.481 e. The van der Waals surface area contributed by atoms with Gasteiger partial charge in [0, 0.05) is 5.56 Å². The Labute approximate surface area is 224 Å². The zero-order chi connectivity index (χ0) is 27.8. The molecule has 3 aromatic rings. The second kappa shape index (κ2) is 10.7. The standard InChI is InChI=1S/C27H32F2N6O4/c1-13(2)22-19(12-39-34-22)25(36)33-23(21(15-5-6-15)16-7-8-16)26(37)32-20-11-31-35(24(20)29)14(3)18-9-17(28)10-30-27(18)38-4/h9-16,21,23H,5-8H2,1-4H3,(H,32,37)(H,33,36)/t14-,23-/m0/s1. The van der Waals surface area contributed by atoms with Gasteiger partial charge in [0.05, 0.1) is 31.2 Å². The van der Waals surface area contributed by atoms with E-state index >= 15 is 4.39 Å². The zero-order valence-electron chi connectivity index (χ0n) is 22.3. The maximum atomic E-state index is 15.5. The summed E-state index contributed by atoms with van der Waals surface area (Å²) in [5.41, 5.74) is 0.926. The van der Waals surface area contributed by atoms with Gasteiger partial charge in [-0.25, -0.2) is 14.1 Å². The minimum Gasteiger partial charge on any atom is -0.481 e. The maximum Gasteiger partial charge on any atom is 0.257 e. The number of aromatic nitrogens is 4. The highest BCUT2D eigenvalue weighted by atomic mass is 19.1. The van der Waals surface area contributed by atoms with E-state index in [1.54, 1.807) is 6.92 Å². The van der Waals surface area contributed by atoms with Gasteiger partial charge in [0.15, 0.2) is 0 Å². The number of rotatable bonds is 11. The summed E-state index contributed by atoms with van der Waals surface area (Å²) in [6, 6.07) is -0.453. The highest BCUT2D eigenvalue weighted by Crippen LogP contribution is 2.51. The van der Waals surface area contributed by atoms with Crippen molar-refractivity contribution in [3.63, 3.8) is 0 Å². The summed E-state index contributed by atoms with van der Waals surface area (Å²) in [5, 5.41) is 13.6. The summed E-state index contributed by atoms with van der Waals surface area (Å²) in [6.07, 6.45) is 7.43. The van der Waals surface area contributed by atoms with Crippen molar-refractivity contribution in [2.45, 2.75) is 64.5 Å². The van der Waals surface area contributed by atoms with Crippen molar-refractivity contribution in [1.82, 2.24) is 25.2 Å². The van der Waals surface area contributed by atoms with E-state index in [0.717, 1.165) is 36.6 Å². The fourth-order valence-electron chi connectivity index (χ4n) is 5.23. The first-order valence-electron chi connectivity index (χ1n) is 13.2. The molecule has 12 heteroatoms. The van der Waals surface area contributed by atoms with Crippen LogP contribution in [0.25, 0.3) is 0 Å². The third kappa shape index (κ3) is 5.50. The van der Waals surface area contributed by atoms with E-state index in [1.807, 2.05) is 13.8 Å². The number of halogens is 2. The number of hydrogen-bond acceptors (Lipinski definition) is 7. The lowest BCUT2D eigenvalue weighted by atomic mass is 9.88. The zero-order valence-corrected chi connectivity index (χ0v) is 22.3. The van der Waals surface area contributed by atoms with Gasteiger partial charge in [-0.15, -0.1) is 0 Å². The molecule has 2 amide bonds. The number of carbonyl (C=O) groups is 2.